The summed E-state index contributed by atoms with van der Waals surface area (Å²) in [6.07, 6.45) is 3.43. The molecule has 1 fully saturated rings. The number of nitrogens with one attached hydrogen (secondary N) is 1. The Kier molecular flexibility index (Phi) is 5.04. The molecule has 3 nitrogen and oxygen atoms in total. The fraction of sp³-hybridized carbons (Fsp3) is 0.571. The van der Waals surface area contributed by atoms with Crippen molar-refractivity contribution in [1.29, 1.82) is 0 Å². The normalized spacial score (nSPS) is 23.8. The van der Waals surface area contributed by atoms with E-state index in [2.05, 4.69) is 5.32 Å². The van der Waals surface area contributed by atoms with Crippen molar-refractivity contribution >= 4 is 21.4 Å². The first-order chi connectivity index (χ1) is 9.46. The minimum atomic E-state index is -3.49. The summed E-state index contributed by atoms with van der Waals surface area (Å²) in [5.74, 6) is -0.600. The van der Waals surface area contributed by atoms with Crippen LogP contribution in [-0.4, -0.2) is 26.3 Å². The molecule has 0 aliphatic heterocycles. The third kappa shape index (κ3) is 3.15. The maximum Gasteiger partial charge on any atom is 0.182 e. The summed E-state index contributed by atoms with van der Waals surface area (Å²) in [5, 5.41) is 2.64. The molecular weight excluding hydrogens is 301 g/mol. The van der Waals surface area contributed by atoms with Crippen molar-refractivity contribution < 1.29 is 12.8 Å². The number of hydrogen-bond acceptors (Lipinski definition) is 3. The van der Waals surface area contributed by atoms with E-state index in [1.54, 1.807) is 0 Å². The first-order valence-corrected chi connectivity index (χ1v) is 8.81. The number of sulfone groups is 1. The zero-order valence-electron chi connectivity index (χ0n) is 11.4. The van der Waals surface area contributed by atoms with Crippen LogP contribution in [0.2, 0.25) is 5.02 Å². The minimum absolute atomic E-state index is 0.0393. The van der Waals surface area contributed by atoms with Gasteiger partial charge in [0.2, 0.25) is 0 Å². The zero-order chi connectivity index (χ0) is 14.8. The summed E-state index contributed by atoms with van der Waals surface area (Å²) in [5.41, 5.74) is 0. The second-order valence-corrected chi connectivity index (χ2v) is 7.68. The van der Waals surface area contributed by atoms with Crippen LogP contribution < -0.4 is 5.32 Å². The van der Waals surface area contributed by atoms with Gasteiger partial charge in [0.1, 0.15) is 5.82 Å². The Morgan fingerprint density at radius 3 is 2.70 bits per heavy atom. The molecule has 0 spiro atoms. The van der Waals surface area contributed by atoms with Crippen LogP contribution in [-0.2, 0) is 9.84 Å². The van der Waals surface area contributed by atoms with Gasteiger partial charge < -0.3 is 5.32 Å². The Hall–Kier alpha value is -0.650. The third-order valence-electron chi connectivity index (χ3n) is 3.79. The molecule has 1 aliphatic rings. The predicted molar refractivity (Wildman–Crippen MR) is 78.3 cm³/mol. The lowest BCUT2D eigenvalue weighted by Crippen LogP contribution is -2.46. The Labute approximate surface area is 124 Å². The highest BCUT2D eigenvalue weighted by atomic mass is 35.5. The SMILES string of the molecule is CCNC1CCCCC1S(=O)(=O)c1ccc(F)c(Cl)c1. The second-order valence-electron chi connectivity index (χ2n) is 5.11. The fourth-order valence-electron chi connectivity index (χ4n) is 2.79. The maximum atomic E-state index is 13.2. The molecule has 20 heavy (non-hydrogen) atoms. The van der Waals surface area contributed by atoms with E-state index in [-0.39, 0.29) is 16.0 Å². The molecule has 0 bridgehead atoms. The van der Waals surface area contributed by atoms with E-state index in [9.17, 15) is 12.8 Å². The first-order valence-electron chi connectivity index (χ1n) is 6.89. The van der Waals surface area contributed by atoms with Crippen LogP contribution in [0.25, 0.3) is 0 Å². The lowest BCUT2D eigenvalue weighted by molar-refractivity contribution is 0.377. The standard InChI is InChI=1S/C14H19ClFNO2S/c1-2-17-13-5-3-4-6-14(13)20(18,19)10-7-8-12(16)11(15)9-10/h7-9,13-14,17H,2-6H2,1H3. The first kappa shape index (κ1) is 15.7. The molecule has 2 atom stereocenters. The summed E-state index contributed by atoms with van der Waals surface area (Å²) < 4.78 is 38.6. The lowest BCUT2D eigenvalue weighted by Gasteiger charge is -2.31. The van der Waals surface area contributed by atoms with Gasteiger partial charge in [0.25, 0.3) is 0 Å². The number of rotatable bonds is 4. The van der Waals surface area contributed by atoms with Crippen LogP contribution in [0.4, 0.5) is 4.39 Å². The van der Waals surface area contributed by atoms with Gasteiger partial charge in [-0.2, -0.15) is 0 Å². The molecule has 112 valence electrons. The average Bonchev–Trinajstić information content (AvgIpc) is 2.42. The van der Waals surface area contributed by atoms with Crippen molar-refractivity contribution in [3.05, 3.63) is 29.0 Å². The van der Waals surface area contributed by atoms with Gasteiger partial charge in [-0.25, -0.2) is 12.8 Å². The molecule has 1 aromatic rings. The Morgan fingerprint density at radius 2 is 2.05 bits per heavy atom. The van der Waals surface area contributed by atoms with Crippen LogP contribution in [0, 0.1) is 5.82 Å². The third-order valence-corrected chi connectivity index (χ3v) is 6.35. The quantitative estimate of drug-likeness (QED) is 0.867. The summed E-state index contributed by atoms with van der Waals surface area (Å²) in [4.78, 5) is 0.110. The molecule has 1 saturated carbocycles. The van der Waals surface area contributed by atoms with Gasteiger partial charge in [-0.05, 0) is 37.6 Å². The van der Waals surface area contributed by atoms with Crippen LogP contribution in [0.1, 0.15) is 32.6 Å². The van der Waals surface area contributed by atoms with Crippen LogP contribution >= 0.6 is 11.6 Å². The lowest BCUT2D eigenvalue weighted by atomic mass is 9.95. The summed E-state index contributed by atoms with van der Waals surface area (Å²) in [7, 11) is -3.49. The highest BCUT2D eigenvalue weighted by Crippen LogP contribution is 2.30. The molecule has 0 heterocycles. The van der Waals surface area contributed by atoms with Crippen LogP contribution in [0.5, 0.6) is 0 Å². The molecule has 1 aromatic carbocycles. The van der Waals surface area contributed by atoms with E-state index in [0.717, 1.165) is 31.9 Å². The van der Waals surface area contributed by atoms with Gasteiger partial charge >= 0.3 is 0 Å². The van der Waals surface area contributed by atoms with E-state index in [1.165, 1.54) is 12.1 Å². The van der Waals surface area contributed by atoms with Gasteiger partial charge in [-0.15, -0.1) is 0 Å². The van der Waals surface area contributed by atoms with E-state index in [4.69, 9.17) is 11.6 Å². The van der Waals surface area contributed by atoms with Crippen molar-refractivity contribution in [3.63, 3.8) is 0 Å². The molecule has 1 N–H and O–H groups in total. The molecule has 0 aromatic heterocycles. The van der Waals surface area contributed by atoms with Crippen molar-refractivity contribution in [2.45, 2.75) is 48.8 Å². The van der Waals surface area contributed by atoms with Crippen molar-refractivity contribution in [2.24, 2.45) is 0 Å². The molecule has 0 saturated heterocycles. The average molecular weight is 320 g/mol. The van der Waals surface area contributed by atoms with Crippen LogP contribution in [0.3, 0.4) is 0 Å². The Morgan fingerprint density at radius 1 is 1.35 bits per heavy atom. The van der Waals surface area contributed by atoms with Gasteiger partial charge in [-0.1, -0.05) is 31.4 Å². The predicted octanol–water partition coefficient (Wildman–Crippen LogP) is 3.17. The summed E-state index contributed by atoms with van der Waals surface area (Å²) >= 11 is 5.70. The van der Waals surface area contributed by atoms with Gasteiger partial charge in [-0.3, -0.25) is 0 Å². The zero-order valence-corrected chi connectivity index (χ0v) is 13.0. The summed E-state index contributed by atoms with van der Waals surface area (Å²) in [6.45, 7) is 2.70. The highest BCUT2D eigenvalue weighted by molar-refractivity contribution is 7.92. The van der Waals surface area contributed by atoms with Gasteiger partial charge in [0.05, 0.1) is 15.2 Å². The number of hydrogen-bond donors (Lipinski definition) is 1. The number of halogens is 2. The Bertz CT molecular complexity index is 575. The van der Waals surface area contributed by atoms with Gasteiger partial charge in [0, 0.05) is 6.04 Å². The van der Waals surface area contributed by atoms with Crippen LogP contribution in [0.15, 0.2) is 23.1 Å². The fourth-order valence-corrected chi connectivity index (χ4v) is 5.07. The molecule has 0 amide bonds. The minimum Gasteiger partial charge on any atom is -0.313 e. The maximum absolute atomic E-state index is 13.2. The van der Waals surface area contributed by atoms with Crippen molar-refractivity contribution in [2.75, 3.05) is 6.54 Å². The molecule has 2 unspecified atom stereocenters. The van der Waals surface area contributed by atoms with Crippen molar-refractivity contribution in [1.82, 2.24) is 5.32 Å². The number of benzene rings is 1. The topological polar surface area (TPSA) is 46.2 Å². The molecule has 1 aliphatic carbocycles. The molecule has 6 heteroatoms. The molecular formula is C14H19ClFNO2S. The highest BCUT2D eigenvalue weighted by Gasteiger charge is 2.36. The van der Waals surface area contributed by atoms with Crippen molar-refractivity contribution in [3.8, 4) is 0 Å². The van der Waals surface area contributed by atoms with Gasteiger partial charge in [0.15, 0.2) is 9.84 Å². The van der Waals surface area contributed by atoms with E-state index in [0.29, 0.717) is 6.42 Å². The van der Waals surface area contributed by atoms with E-state index in [1.807, 2.05) is 6.92 Å². The smallest absolute Gasteiger partial charge is 0.182 e. The Balaban J connectivity index is 2.34. The molecule has 2 rings (SSSR count). The summed E-state index contributed by atoms with van der Waals surface area (Å²) in [6, 6.07) is 3.58. The monoisotopic (exact) mass is 319 g/mol. The van der Waals surface area contributed by atoms with E-state index >= 15 is 0 Å². The van der Waals surface area contributed by atoms with E-state index < -0.39 is 20.9 Å². The molecule has 0 radical (unpaired) electrons. The largest absolute Gasteiger partial charge is 0.313 e. The second kappa shape index (κ2) is 6.41.